The van der Waals surface area contributed by atoms with Crippen LogP contribution in [-0.4, -0.2) is 29.1 Å². The van der Waals surface area contributed by atoms with Crippen LogP contribution in [-0.2, 0) is 20.9 Å². The third-order valence-electron chi connectivity index (χ3n) is 7.98. The Labute approximate surface area is 221 Å². The Morgan fingerprint density at radius 1 is 0.974 bits per heavy atom. The van der Waals surface area contributed by atoms with Crippen molar-refractivity contribution in [2.24, 2.45) is 17.8 Å². The molecule has 2 amide bonds. The summed E-state index contributed by atoms with van der Waals surface area (Å²) in [4.78, 5) is 28.8. The SMILES string of the molecule is CCC1=C2B(O)O[C@H](c3ccc(CO)o3)C[C@H]2[C@H]2C(=O)N(c3ccc(Nc4ccccc4)cc3)C(=O)[C@H]2C1. The predicted molar refractivity (Wildman–Crippen MR) is 142 cm³/mol. The maximum absolute atomic E-state index is 13.9. The molecule has 1 aromatic heterocycles. The Morgan fingerprint density at radius 3 is 2.39 bits per heavy atom. The van der Waals surface area contributed by atoms with E-state index in [9.17, 15) is 19.7 Å². The van der Waals surface area contributed by atoms with Gasteiger partial charge in [-0.1, -0.05) is 30.7 Å². The van der Waals surface area contributed by atoms with Crippen LogP contribution in [0, 0.1) is 17.8 Å². The van der Waals surface area contributed by atoms with Crippen LogP contribution in [0.2, 0.25) is 0 Å². The van der Waals surface area contributed by atoms with Crippen LogP contribution < -0.4 is 10.2 Å². The zero-order chi connectivity index (χ0) is 26.4. The van der Waals surface area contributed by atoms with E-state index in [1.807, 2.05) is 49.4 Å². The van der Waals surface area contributed by atoms with E-state index in [-0.39, 0.29) is 24.3 Å². The lowest BCUT2D eigenvalue weighted by Crippen LogP contribution is -2.44. The van der Waals surface area contributed by atoms with Gasteiger partial charge in [0.2, 0.25) is 11.8 Å². The summed E-state index contributed by atoms with van der Waals surface area (Å²) >= 11 is 0. The van der Waals surface area contributed by atoms with Gasteiger partial charge < -0.3 is 24.5 Å². The number of amides is 2. The van der Waals surface area contributed by atoms with E-state index < -0.39 is 25.1 Å². The van der Waals surface area contributed by atoms with Gasteiger partial charge in [-0.3, -0.25) is 14.5 Å². The maximum atomic E-state index is 13.9. The molecule has 2 aliphatic heterocycles. The fourth-order valence-electron chi connectivity index (χ4n) is 6.22. The van der Waals surface area contributed by atoms with Crippen LogP contribution >= 0.6 is 0 Å². The van der Waals surface area contributed by atoms with Gasteiger partial charge in [-0.05, 0) is 79.2 Å². The Hall–Kier alpha value is -3.66. The minimum atomic E-state index is -1.18. The molecule has 3 aliphatic rings. The number of benzene rings is 2. The molecule has 2 fully saturated rings. The van der Waals surface area contributed by atoms with E-state index in [4.69, 9.17) is 9.07 Å². The Bertz CT molecular complexity index is 1390. The molecule has 2 aromatic carbocycles. The monoisotopic (exact) mass is 512 g/mol. The fraction of sp³-hybridized carbons (Fsp3) is 0.310. The number of furan rings is 1. The van der Waals surface area contributed by atoms with E-state index in [0.717, 1.165) is 22.4 Å². The molecule has 1 aliphatic carbocycles. The summed E-state index contributed by atoms with van der Waals surface area (Å²) in [6.07, 6.45) is 0.914. The topological polar surface area (TPSA) is 112 Å². The average molecular weight is 512 g/mol. The van der Waals surface area contributed by atoms with Crippen molar-refractivity contribution in [3.63, 3.8) is 0 Å². The highest BCUT2D eigenvalue weighted by molar-refractivity contribution is 6.53. The van der Waals surface area contributed by atoms with Crippen LogP contribution in [0.1, 0.15) is 43.8 Å². The molecule has 4 atom stereocenters. The van der Waals surface area contributed by atoms with Gasteiger partial charge in [-0.2, -0.15) is 0 Å². The zero-order valence-corrected chi connectivity index (χ0v) is 21.0. The number of anilines is 3. The molecule has 38 heavy (non-hydrogen) atoms. The number of aliphatic hydroxyl groups is 1. The van der Waals surface area contributed by atoms with Crippen molar-refractivity contribution in [3.8, 4) is 0 Å². The number of para-hydroxylation sites is 1. The number of allylic oxidation sites excluding steroid dienone is 2. The number of nitrogens with zero attached hydrogens (tertiary/aromatic N) is 1. The van der Waals surface area contributed by atoms with Crippen molar-refractivity contribution in [3.05, 3.63) is 89.3 Å². The quantitative estimate of drug-likeness (QED) is 0.329. The largest absolute Gasteiger partial charge is 0.487 e. The summed E-state index contributed by atoms with van der Waals surface area (Å²) in [5.41, 5.74) is 4.04. The molecule has 3 aromatic rings. The van der Waals surface area contributed by atoms with Crippen molar-refractivity contribution < 1.29 is 28.8 Å². The second-order valence-corrected chi connectivity index (χ2v) is 10.1. The van der Waals surface area contributed by atoms with E-state index in [1.54, 1.807) is 24.3 Å². The third kappa shape index (κ3) is 4.17. The highest BCUT2D eigenvalue weighted by Gasteiger charge is 2.58. The van der Waals surface area contributed by atoms with Crippen LogP contribution in [0.4, 0.5) is 17.1 Å². The van der Waals surface area contributed by atoms with Gasteiger partial charge in [0.15, 0.2) is 0 Å². The van der Waals surface area contributed by atoms with Gasteiger partial charge in [0, 0.05) is 11.4 Å². The Balaban J connectivity index is 1.29. The first-order valence-electron chi connectivity index (χ1n) is 13.0. The molecule has 0 spiro atoms. The molecule has 3 heterocycles. The molecule has 0 radical (unpaired) electrons. The molecule has 0 unspecified atom stereocenters. The molecule has 6 rings (SSSR count). The number of nitrogens with one attached hydrogen (secondary N) is 1. The normalized spacial score (nSPS) is 25.0. The van der Waals surface area contributed by atoms with E-state index in [0.29, 0.717) is 36.5 Å². The third-order valence-corrected chi connectivity index (χ3v) is 7.98. The molecule has 0 bridgehead atoms. The second-order valence-electron chi connectivity index (χ2n) is 10.1. The fourth-order valence-corrected chi connectivity index (χ4v) is 6.22. The number of carbonyl (C=O) groups excluding carboxylic acids is 2. The molecule has 194 valence electrons. The van der Waals surface area contributed by atoms with Gasteiger partial charge in [0.05, 0.1) is 17.5 Å². The first-order chi connectivity index (χ1) is 18.5. The zero-order valence-electron chi connectivity index (χ0n) is 21.0. The predicted octanol–water partition coefficient (Wildman–Crippen LogP) is 4.53. The minimum Gasteiger partial charge on any atom is -0.461 e. The van der Waals surface area contributed by atoms with Crippen LogP contribution in [0.15, 0.2) is 82.2 Å². The van der Waals surface area contributed by atoms with Gasteiger partial charge in [-0.25, -0.2) is 0 Å². The average Bonchev–Trinajstić information content (AvgIpc) is 3.52. The standard InChI is InChI=1S/C29H29BN2O6/c1-2-17-14-23-26(22-15-25(38-30(36)27(17)22)24-13-12-21(16-33)37-24)29(35)32(28(23)34)20-10-8-19(9-11-20)31-18-6-4-3-5-7-18/h3-13,22-23,25-26,31,33,36H,2,14-16H2,1H3/t22-,23-,25-,26+/m0/s1. The first-order valence-corrected chi connectivity index (χ1v) is 13.0. The highest BCUT2D eigenvalue weighted by Crippen LogP contribution is 2.52. The van der Waals surface area contributed by atoms with Crippen molar-refractivity contribution in [2.75, 3.05) is 10.2 Å². The molecule has 9 heteroatoms. The maximum Gasteiger partial charge on any atom is 0.487 e. The van der Waals surface area contributed by atoms with Crippen LogP contribution in [0.3, 0.4) is 0 Å². The lowest BCUT2D eigenvalue weighted by atomic mass is 9.55. The number of aliphatic hydroxyl groups excluding tert-OH is 1. The van der Waals surface area contributed by atoms with Gasteiger partial charge in [-0.15, -0.1) is 0 Å². The summed E-state index contributed by atoms with van der Waals surface area (Å²) < 4.78 is 11.6. The number of imide groups is 1. The summed E-state index contributed by atoms with van der Waals surface area (Å²) in [5, 5.41) is 23.7. The van der Waals surface area contributed by atoms with E-state index >= 15 is 0 Å². The minimum absolute atomic E-state index is 0.202. The number of fused-ring (bicyclic) bond motifs is 3. The van der Waals surface area contributed by atoms with Crippen molar-refractivity contribution >= 4 is 36.0 Å². The van der Waals surface area contributed by atoms with Gasteiger partial charge >= 0.3 is 7.12 Å². The Kier molecular flexibility index (Phi) is 6.43. The van der Waals surface area contributed by atoms with Gasteiger partial charge in [0.25, 0.3) is 0 Å². The van der Waals surface area contributed by atoms with Crippen LogP contribution in [0.25, 0.3) is 0 Å². The molecular weight excluding hydrogens is 483 g/mol. The highest BCUT2D eigenvalue weighted by atomic mass is 16.5. The molecular formula is C29H29BN2O6. The summed E-state index contributed by atoms with van der Waals surface area (Å²) in [6, 6.07) is 20.4. The number of carbonyl (C=O) groups is 2. The summed E-state index contributed by atoms with van der Waals surface area (Å²) in [6.45, 7) is 1.76. The number of rotatable bonds is 6. The molecule has 8 nitrogen and oxygen atoms in total. The van der Waals surface area contributed by atoms with Crippen LogP contribution in [0.5, 0.6) is 0 Å². The summed E-state index contributed by atoms with van der Waals surface area (Å²) in [5.74, 6) is -0.967. The van der Waals surface area contributed by atoms with Crippen molar-refractivity contribution in [2.45, 2.75) is 38.9 Å². The molecule has 3 N–H and O–H groups in total. The van der Waals surface area contributed by atoms with Crippen molar-refractivity contribution in [1.29, 1.82) is 0 Å². The smallest absolute Gasteiger partial charge is 0.461 e. The summed E-state index contributed by atoms with van der Waals surface area (Å²) in [7, 11) is -1.18. The van der Waals surface area contributed by atoms with E-state index in [1.165, 1.54) is 4.90 Å². The molecule has 2 saturated heterocycles. The number of hydrogen-bond donors (Lipinski definition) is 3. The second kappa shape index (κ2) is 9.91. The Morgan fingerprint density at radius 2 is 1.71 bits per heavy atom. The lowest BCUT2D eigenvalue weighted by molar-refractivity contribution is -0.123. The van der Waals surface area contributed by atoms with Gasteiger partial charge in [0.1, 0.15) is 24.2 Å². The van der Waals surface area contributed by atoms with E-state index in [2.05, 4.69) is 5.32 Å². The lowest BCUT2D eigenvalue weighted by Gasteiger charge is -2.41. The van der Waals surface area contributed by atoms with Crippen molar-refractivity contribution in [1.82, 2.24) is 0 Å². The first kappa shape index (κ1) is 24.7. The molecule has 0 saturated carbocycles. The number of hydrogen-bond acceptors (Lipinski definition) is 7.